The Kier molecular flexibility index (Phi) is 7.33. The van der Waals surface area contributed by atoms with E-state index in [4.69, 9.17) is 22.1 Å². The molecule has 5 rings (SSSR count). The van der Waals surface area contributed by atoms with Gasteiger partial charge in [0.1, 0.15) is 11.9 Å². The van der Waals surface area contributed by atoms with Crippen LogP contribution in [0.1, 0.15) is 35.9 Å². The lowest BCUT2D eigenvalue weighted by Gasteiger charge is -2.39. The number of benzene rings is 1. The number of nitrogens with one attached hydrogen (secondary N) is 1. The third-order valence-electron chi connectivity index (χ3n) is 7.23. The number of ether oxygens (including phenoxy) is 1. The van der Waals surface area contributed by atoms with Gasteiger partial charge in [0.15, 0.2) is 0 Å². The molecule has 1 spiro atoms. The lowest BCUT2D eigenvalue weighted by molar-refractivity contribution is -0.198. The van der Waals surface area contributed by atoms with Gasteiger partial charge in [-0.25, -0.2) is 4.98 Å². The first kappa shape index (κ1) is 27.4. The number of thiazole rings is 1. The first-order valence-corrected chi connectivity index (χ1v) is 13.4. The van der Waals surface area contributed by atoms with Gasteiger partial charge in [-0.05, 0) is 43.7 Å². The van der Waals surface area contributed by atoms with Crippen molar-refractivity contribution in [1.29, 1.82) is 0 Å². The quantitative estimate of drug-likeness (QED) is 0.373. The van der Waals surface area contributed by atoms with Crippen LogP contribution in [0.25, 0.3) is 10.4 Å². The average molecular weight is 583 g/mol. The maximum atomic E-state index is 14.4. The standard InChI is InChI=1S/C25H26ClF3N6O3S/c1-13-31-11-18(39-13)16-8-14(26)2-3-15(16)21(25(27,28)29)38-20-9-19(33-23(30)34-20)35-6-4-24(5-7-35)10-17(22(36)37)32-12-24/h2-3,8-9,11,17,21,32H,4-7,10,12H2,1H3,(H,36,37)(H2,30,33,34)/t17?,21-/m1/s1. The fourth-order valence-electron chi connectivity index (χ4n) is 5.22. The molecule has 14 heteroatoms. The highest BCUT2D eigenvalue weighted by atomic mass is 35.5. The second-order valence-corrected chi connectivity index (χ2v) is 11.6. The molecule has 2 aliphatic heterocycles. The molecule has 9 nitrogen and oxygen atoms in total. The second-order valence-electron chi connectivity index (χ2n) is 9.90. The molecule has 2 aromatic heterocycles. The number of aliphatic carboxylic acids is 1. The summed E-state index contributed by atoms with van der Waals surface area (Å²) < 4.78 is 48.7. The molecule has 0 saturated carbocycles. The van der Waals surface area contributed by atoms with Crippen LogP contribution >= 0.6 is 22.9 Å². The minimum Gasteiger partial charge on any atom is -0.480 e. The van der Waals surface area contributed by atoms with Crippen LogP contribution in [0, 0.1) is 12.3 Å². The summed E-state index contributed by atoms with van der Waals surface area (Å²) >= 11 is 7.38. The molecule has 0 aliphatic carbocycles. The van der Waals surface area contributed by atoms with E-state index in [1.54, 1.807) is 6.92 Å². The Morgan fingerprint density at radius 1 is 1.31 bits per heavy atom. The highest BCUT2D eigenvalue weighted by molar-refractivity contribution is 7.15. The predicted molar refractivity (Wildman–Crippen MR) is 141 cm³/mol. The Morgan fingerprint density at radius 3 is 2.67 bits per heavy atom. The zero-order valence-corrected chi connectivity index (χ0v) is 22.4. The molecule has 3 aromatic rings. The Balaban J connectivity index is 1.40. The lowest BCUT2D eigenvalue weighted by Crippen LogP contribution is -2.41. The normalized spacial score (nSPS) is 19.8. The van der Waals surface area contributed by atoms with Crippen LogP contribution in [0.2, 0.25) is 5.02 Å². The van der Waals surface area contributed by atoms with Crippen molar-refractivity contribution in [3.63, 3.8) is 0 Å². The van der Waals surface area contributed by atoms with Crippen molar-refractivity contribution in [2.45, 2.75) is 44.5 Å². The molecular formula is C25H26ClF3N6O3S. The zero-order chi connectivity index (χ0) is 27.9. The Labute approximate surface area is 231 Å². The van der Waals surface area contributed by atoms with E-state index < -0.39 is 24.3 Å². The Morgan fingerprint density at radius 2 is 2.05 bits per heavy atom. The minimum absolute atomic E-state index is 0.129. The number of nitrogens with zero attached hydrogens (tertiary/aromatic N) is 4. The first-order chi connectivity index (χ1) is 18.4. The summed E-state index contributed by atoms with van der Waals surface area (Å²) in [6, 6.07) is 4.92. The van der Waals surface area contributed by atoms with Crippen LogP contribution in [-0.4, -0.2) is 57.9 Å². The summed E-state index contributed by atoms with van der Waals surface area (Å²) in [7, 11) is 0. The van der Waals surface area contributed by atoms with E-state index in [1.807, 2.05) is 4.90 Å². The van der Waals surface area contributed by atoms with Crippen LogP contribution in [0.4, 0.5) is 24.9 Å². The van der Waals surface area contributed by atoms with Gasteiger partial charge in [0.05, 0.1) is 9.88 Å². The summed E-state index contributed by atoms with van der Waals surface area (Å²) in [4.78, 5) is 26.1. The SMILES string of the molecule is Cc1ncc(-c2cc(Cl)ccc2[C@@H](Oc2cc(N3CCC4(CC3)CNC(C(=O)O)C4)nc(N)n2)C(F)(F)F)s1. The van der Waals surface area contributed by atoms with Crippen LogP contribution < -0.4 is 20.7 Å². The van der Waals surface area contributed by atoms with Crippen LogP contribution in [0.5, 0.6) is 5.88 Å². The van der Waals surface area contributed by atoms with E-state index in [9.17, 15) is 23.1 Å². The number of halogens is 4. The van der Waals surface area contributed by atoms with Gasteiger partial charge < -0.3 is 25.8 Å². The largest absolute Gasteiger partial charge is 0.480 e. The molecule has 2 aliphatic rings. The number of nitrogen functional groups attached to an aromatic ring is 1. The fraction of sp³-hybridized carbons (Fsp3) is 0.440. The summed E-state index contributed by atoms with van der Waals surface area (Å²) in [6.45, 7) is 3.45. The van der Waals surface area contributed by atoms with Crippen molar-refractivity contribution < 1.29 is 27.8 Å². The van der Waals surface area contributed by atoms with Gasteiger partial charge in [0, 0.05) is 48.0 Å². The van der Waals surface area contributed by atoms with Crippen LogP contribution in [0.15, 0.2) is 30.5 Å². The van der Waals surface area contributed by atoms with E-state index in [0.29, 0.717) is 54.6 Å². The van der Waals surface area contributed by atoms with Gasteiger partial charge in [0.2, 0.25) is 17.9 Å². The molecule has 4 heterocycles. The maximum Gasteiger partial charge on any atom is 0.429 e. The van der Waals surface area contributed by atoms with E-state index in [0.717, 1.165) is 0 Å². The molecule has 208 valence electrons. The molecule has 4 N–H and O–H groups in total. The third-order valence-corrected chi connectivity index (χ3v) is 8.41. The monoisotopic (exact) mass is 582 g/mol. The number of alkyl halides is 3. The van der Waals surface area contributed by atoms with E-state index in [2.05, 4.69) is 20.3 Å². The van der Waals surface area contributed by atoms with Crippen molar-refractivity contribution in [3.8, 4) is 16.3 Å². The molecule has 0 bridgehead atoms. The van der Waals surface area contributed by atoms with E-state index in [1.165, 1.54) is 41.8 Å². The number of carbonyl (C=O) groups is 1. The number of piperidine rings is 1. The number of hydrogen-bond acceptors (Lipinski definition) is 9. The number of anilines is 2. The van der Waals surface area contributed by atoms with Crippen molar-refractivity contribution in [2.24, 2.45) is 5.41 Å². The highest BCUT2D eigenvalue weighted by Gasteiger charge is 2.46. The van der Waals surface area contributed by atoms with Crippen molar-refractivity contribution in [3.05, 3.63) is 46.1 Å². The summed E-state index contributed by atoms with van der Waals surface area (Å²) in [5.74, 6) is -1.04. The van der Waals surface area contributed by atoms with E-state index >= 15 is 0 Å². The molecular weight excluding hydrogens is 557 g/mol. The molecule has 2 saturated heterocycles. The number of hydrogen-bond donors (Lipinski definition) is 3. The van der Waals surface area contributed by atoms with Gasteiger partial charge in [0.25, 0.3) is 0 Å². The summed E-state index contributed by atoms with van der Waals surface area (Å²) in [5.41, 5.74) is 5.89. The van der Waals surface area contributed by atoms with Gasteiger partial charge >= 0.3 is 12.1 Å². The van der Waals surface area contributed by atoms with Crippen molar-refractivity contribution in [2.75, 3.05) is 30.3 Å². The number of carboxylic acids is 1. The van der Waals surface area contributed by atoms with Crippen LogP contribution in [-0.2, 0) is 4.79 Å². The van der Waals surface area contributed by atoms with Crippen LogP contribution in [0.3, 0.4) is 0 Å². The highest BCUT2D eigenvalue weighted by Crippen LogP contribution is 2.44. The van der Waals surface area contributed by atoms with Gasteiger partial charge in [-0.15, -0.1) is 11.3 Å². The molecule has 0 amide bonds. The lowest BCUT2D eigenvalue weighted by atomic mass is 9.76. The number of carboxylic acid groups (broad SMARTS) is 1. The minimum atomic E-state index is -4.78. The van der Waals surface area contributed by atoms with E-state index in [-0.39, 0.29) is 33.4 Å². The smallest absolute Gasteiger partial charge is 0.429 e. The number of rotatable bonds is 6. The molecule has 1 unspecified atom stereocenters. The summed E-state index contributed by atoms with van der Waals surface area (Å²) in [5, 5.41) is 13.4. The fourth-order valence-corrected chi connectivity index (χ4v) is 6.21. The molecule has 2 fully saturated rings. The van der Waals surface area contributed by atoms with Gasteiger partial charge in [-0.1, -0.05) is 17.7 Å². The molecule has 1 aromatic carbocycles. The third kappa shape index (κ3) is 5.89. The number of nitrogens with two attached hydrogens (primary N) is 1. The average Bonchev–Trinajstić information content (AvgIpc) is 3.49. The molecule has 0 radical (unpaired) electrons. The first-order valence-electron chi connectivity index (χ1n) is 12.2. The van der Waals surface area contributed by atoms with Gasteiger partial charge in [-0.2, -0.15) is 23.1 Å². The Bertz CT molecular complexity index is 1380. The van der Waals surface area contributed by atoms with Gasteiger partial charge in [-0.3, -0.25) is 4.79 Å². The number of aryl methyl sites for hydroxylation is 1. The van der Waals surface area contributed by atoms with Crippen molar-refractivity contribution >= 4 is 40.7 Å². The topological polar surface area (TPSA) is 126 Å². The summed E-state index contributed by atoms with van der Waals surface area (Å²) in [6.07, 6.45) is -3.68. The van der Waals surface area contributed by atoms with Crippen molar-refractivity contribution in [1.82, 2.24) is 20.3 Å². The second kappa shape index (κ2) is 10.4. The predicted octanol–water partition coefficient (Wildman–Crippen LogP) is 4.86. The Hall–Kier alpha value is -3.16. The zero-order valence-electron chi connectivity index (χ0n) is 20.8. The number of aromatic nitrogens is 3. The molecule has 2 atom stereocenters. The molecule has 39 heavy (non-hydrogen) atoms. The maximum absolute atomic E-state index is 14.4.